The van der Waals surface area contributed by atoms with Gasteiger partial charge in [-0.3, -0.25) is 9.89 Å². The Balaban J connectivity index is 1.62. The summed E-state index contributed by atoms with van der Waals surface area (Å²) in [5, 5.41) is 14.7. The van der Waals surface area contributed by atoms with Crippen molar-refractivity contribution in [1.82, 2.24) is 35.2 Å². The van der Waals surface area contributed by atoms with Crippen molar-refractivity contribution in [3.63, 3.8) is 0 Å². The van der Waals surface area contributed by atoms with E-state index in [1.165, 1.54) is 0 Å². The minimum Gasteiger partial charge on any atom is -0.444 e. The lowest BCUT2D eigenvalue weighted by atomic mass is 10.2. The molecule has 1 saturated heterocycles. The van der Waals surface area contributed by atoms with Gasteiger partial charge in [-0.2, -0.15) is 0 Å². The van der Waals surface area contributed by atoms with E-state index in [1.807, 2.05) is 25.3 Å². The Labute approximate surface area is 173 Å². The number of aromatic nitrogens is 3. The molecule has 2 N–H and O–H groups in total. The van der Waals surface area contributed by atoms with Gasteiger partial charge in [-0.15, -0.1) is 10.2 Å². The number of nitrogens with one attached hydrogen (secondary N) is 2. The van der Waals surface area contributed by atoms with Crippen molar-refractivity contribution < 1.29 is 9.53 Å². The van der Waals surface area contributed by atoms with Crippen LogP contribution in [0.15, 0.2) is 11.3 Å². The summed E-state index contributed by atoms with van der Waals surface area (Å²) < 4.78 is 7.49. The lowest BCUT2D eigenvalue weighted by Gasteiger charge is -2.35. The fraction of sp³-hybridized carbons (Fsp3) is 0.789. The fourth-order valence-electron chi connectivity index (χ4n) is 3.07. The van der Waals surface area contributed by atoms with Gasteiger partial charge in [-0.1, -0.05) is 6.92 Å². The lowest BCUT2D eigenvalue weighted by molar-refractivity contribution is 0.0147. The van der Waals surface area contributed by atoms with Gasteiger partial charge in [-0.25, -0.2) is 4.79 Å². The molecule has 1 fully saturated rings. The molecular formula is C19H36N8O2. The Hall–Kier alpha value is -2.36. The van der Waals surface area contributed by atoms with Gasteiger partial charge >= 0.3 is 6.09 Å². The predicted octanol–water partition coefficient (Wildman–Crippen LogP) is 0.558. The van der Waals surface area contributed by atoms with Crippen molar-refractivity contribution in [2.45, 2.75) is 46.3 Å². The predicted molar refractivity (Wildman–Crippen MR) is 113 cm³/mol. The van der Waals surface area contributed by atoms with Gasteiger partial charge in [0, 0.05) is 65.8 Å². The van der Waals surface area contributed by atoms with E-state index in [2.05, 4.69) is 37.6 Å². The largest absolute Gasteiger partial charge is 0.444 e. The fourth-order valence-corrected chi connectivity index (χ4v) is 3.07. The number of ether oxygens (including phenoxy) is 1. The molecule has 0 aliphatic carbocycles. The molecule has 1 aliphatic rings. The molecule has 0 saturated carbocycles. The molecule has 0 aromatic carbocycles. The standard InChI is InChI=1S/C19H36N8O2/c1-6-16-24-23-15-27(16)10-8-22-17(20-5)21-7-9-25-11-13-26(14-12-25)18(28)29-19(2,3)4/h15H,6-14H2,1-5H3,(H2,20,21,22). The van der Waals surface area contributed by atoms with E-state index in [9.17, 15) is 4.79 Å². The molecule has 164 valence electrons. The SMILES string of the molecule is CCc1nncn1CCNC(=NC)NCCN1CCN(C(=O)OC(C)(C)C)CC1. The molecule has 10 nitrogen and oxygen atoms in total. The van der Waals surface area contributed by atoms with Gasteiger partial charge in [0.15, 0.2) is 5.96 Å². The number of carbonyl (C=O) groups is 1. The van der Waals surface area contributed by atoms with Crippen LogP contribution < -0.4 is 10.6 Å². The maximum atomic E-state index is 12.1. The molecular weight excluding hydrogens is 372 g/mol. The van der Waals surface area contributed by atoms with Crippen LogP contribution in [0.2, 0.25) is 0 Å². The maximum Gasteiger partial charge on any atom is 0.410 e. The number of piperazine rings is 1. The Kier molecular flexibility index (Phi) is 8.69. The topological polar surface area (TPSA) is 99.9 Å². The summed E-state index contributed by atoms with van der Waals surface area (Å²) in [4.78, 5) is 20.5. The third-order valence-corrected chi connectivity index (χ3v) is 4.63. The number of aliphatic imine (C=N–C) groups is 1. The third-order valence-electron chi connectivity index (χ3n) is 4.63. The summed E-state index contributed by atoms with van der Waals surface area (Å²) in [6.45, 7) is 14.1. The van der Waals surface area contributed by atoms with Crippen LogP contribution in [0.3, 0.4) is 0 Å². The average molecular weight is 409 g/mol. The highest BCUT2D eigenvalue weighted by atomic mass is 16.6. The molecule has 0 unspecified atom stereocenters. The quantitative estimate of drug-likeness (QED) is 0.502. The van der Waals surface area contributed by atoms with Crippen LogP contribution in [0.1, 0.15) is 33.5 Å². The van der Waals surface area contributed by atoms with Crippen molar-refractivity contribution in [2.24, 2.45) is 4.99 Å². The first kappa shape index (κ1) is 22.9. The Morgan fingerprint density at radius 1 is 1.17 bits per heavy atom. The second kappa shape index (κ2) is 11.0. The molecule has 0 atom stereocenters. The molecule has 0 radical (unpaired) electrons. The molecule has 1 aromatic rings. The van der Waals surface area contributed by atoms with Crippen LogP contribution >= 0.6 is 0 Å². The summed E-state index contributed by atoms with van der Waals surface area (Å²) in [5.41, 5.74) is -0.451. The minimum atomic E-state index is -0.451. The van der Waals surface area contributed by atoms with Crippen LogP contribution in [0.4, 0.5) is 4.79 Å². The van der Waals surface area contributed by atoms with Gasteiger partial charge in [0.1, 0.15) is 17.8 Å². The first-order valence-corrected chi connectivity index (χ1v) is 10.3. The Morgan fingerprint density at radius 2 is 1.83 bits per heavy atom. The molecule has 0 bridgehead atoms. The van der Waals surface area contributed by atoms with E-state index < -0.39 is 5.60 Å². The highest BCUT2D eigenvalue weighted by Gasteiger charge is 2.25. The number of aryl methyl sites for hydroxylation is 1. The molecule has 1 aliphatic heterocycles. The average Bonchev–Trinajstić information content (AvgIpc) is 3.13. The summed E-state index contributed by atoms with van der Waals surface area (Å²) in [6, 6.07) is 0. The van der Waals surface area contributed by atoms with Crippen molar-refractivity contribution in [3.05, 3.63) is 12.2 Å². The minimum absolute atomic E-state index is 0.223. The second-order valence-electron chi connectivity index (χ2n) is 8.03. The Bertz CT molecular complexity index is 659. The molecule has 10 heteroatoms. The van der Waals surface area contributed by atoms with Crippen LogP contribution in [-0.2, 0) is 17.7 Å². The van der Waals surface area contributed by atoms with E-state index in [4.69, 9.17) is 4.74 Å². The third kappa shape index (κ3) is 7.88. The van der Waals surface area contributed by atoms with Gasteiger partial charge in [-0.05, 0) is 20.8 Å². The molecule has 2 rings (SSSR count). The van der Waals surface area contributed by atoms with Crippen LogP contribution in [0, 0.1) is 0 Å². The highest BCUT2D eigenvalue weighted by Crippen LogP contribution is 2.11. The van der Waals surface area contributed by atoms with Gasteiger partial charge in [0.25, 0.3) is 0 Å². The summed E-state index contributed by atoms with van der Waals surface area (Å²) in [6.07, 6.45) is 2.40. The monoisotopic (exact) mass is 408 g/mol. The van der Waals surface area contributed by atoms with Crippen LogP contribution in [0.25, 0.3) is 0 Å². The number of amides is 1. The first-order valence-electron chi connectivity index (χ1n) is 10.3. The van der Waals surface area contributed by atoms with E-state index in [1.54, 1.807) is 18.3 Å². The number of rotatable bonds is 7. The van der Waals surface area contributed by atoms with E-state index in [0.29, 0.717) is 13.1 Å². The number of hydrogen-bond donors (Lipinski definition) is 2. The zero-order valence-corrected chi connectivity index (χ0v) is 18.4. The summed E-state index contributed by atoms with van der Waals surface area (Å²) in [7, 11) is 1.77. The van der Waals surface area contributed by atoms with E-state index >= 15 is 0 Å². The molecule has 1 amide bonds. The van der Waals surface area contributed by atoms with Crippen LogP contribution in [0.5, 0.6) is 0 Å². The molecule has 2 heterocycles. The van der Waals surface area contributed by atoms with Crippen molar-refractivity contribution in [1.29, 1.82) is 0 Å². The van der Waals surface area contributed by atoms with Crippen molar-refractivity contribution >= 4 is 12.1 Å². The second-order valence-corrected chi connectivity index (χ2v) is 8.03. The number of nitrogens with zero attached hydrogens (tertiary/aromatic N) is 6. The zero-order valence-electron chi connectivity index (χ0n) is 18.4. The number of guanidine groups is 1. The van der Waals surface area contributed by atoms with Gasteiger partial charge < -0.3 is 24.8 Å². The van der Waals surface area contributed by atoms with Crippen molar-refractivity contribution in [3.8, 4) is 0 Å². The van der Waals surface area contributed by atoms with Crippen LogP contribution in [-0.4, -0.2) is 95.1 Å². The Morgan fingerprint density at radius 3 is 2.41 bits per heavy atom. The highest BCUT2D eigenvalue weighted by molar-refractivity contribution is 5.79. The lowest BCUT2D eigenvalue weighted by Crippen LogP contribution is -2.51. The molecule has 0 spiro atoms. The van der Waals surface area contributed by atoms with E-state index in [0.717, 1.165) is 57.5 Å². The number of carbonyl (C=O) groups excluding carboxylic acids is 1. The summed E-state index contributed by atoms with van der Waals surface area (Å²) >= 11 is 0. The summed E-state index contributed by atoms with van der Waals surface area (Å²) in [5.74, 6) is 1.77. The zero-order chi connectivity index (χ0) is 21.3. The first-order chi connectivity index (χ1) is 13.8. The maximum absolute atomic E-state index is 12.1. The van der Waals surface area contributed by atoms with E-state index in [-0.39, 0.29) is 6.09 Å². The normalized spacial score (nSPS) is 16.0. The smallest absolute Gasteiger partial charge is 0.410 e. The number of hydrogen-bond acceptors (Lipinski definition) is 6. The van der Waals surface area contributed by atoms with Gasteiger partial charge in [0.2, 0.25) is 0 Å². The molecule has 29 heavy (non-hydrogen) atoms. The van der Waals surface area contributed by atoms with Gasteiger partial charge in [0.05, 0.1) is 0 Å². The van der Waals surface area contributed by atoms with Crippen molar-refractivity contribution in [2.75, 3.05) is 52.9 Å². The molecule has 1 aromatic heterocycles.